The van der Waals surface area contributed by atoms with Crippen LogP contribution in [0.15, 0.2) is 65.6 Å². The summed E-state index contributed by atoms with van der Waals surface area (Å²) in [4.78, 5) is 13.2. The number of amides is 1. The Morgan fingerprint density at radius 3 is 2.42 bits per heavy atom. The summed E-state index contributed by atoms with van der Waals surface area (Å²) >= 11 is 0. The number of nitrogens with zero attached hydrogens (tertiary/aromatic N) is 1. The lowest BCUT2D eigenvalue weighted by atomic mass is 10.0. The second kappa shape index (κ2) is 9.05. The molecule has 0 unspecified atom stereocenters. The monoisotopic (exact) mass is 440 g/mol. The molecule has 0 spiro atoms. The molecule has 1 fully saturated rings. The molecule has 1 amide bonds. The van der Waals surface area contributed by atoms with Crippen LogP contribution in [0.1, 0.15) is 15.9 Å². The van der Waals surface area contributed by atoms with Gasteiger partial charge in [0.15, 0.2) is 0 Å². The zero-order valence-corrected chi connectivity index (χ0v) is 18.0. The molecule has 162 valence electrons. The molecule has 31 heavy (non-hydrogen) atoms. The molecule has 3 aromatic carbocycles. The smallest absolute Gasteiger partial charge is 0.252 e. The third kappa shape index (κ3) is 4.27. The van der Waals surface area contributed by atoms with Gasteiger partial charge in [-0.2, -0.15) is 4.31 Å². The lowest BCUT2D eigenvalue weighted by molar-refractivity contribution is 0.0730. The van der Waals surface area contributed by atoms with Crippen LogP contribution in [0.4, 0.5) is 0 Å². The van der Waals surface area contributed by atoms with Crippen molar-refractivity contribution in [3.63, 3.8) is 0 Å². The van der Waals surface area contributed by atoms with Gasteiger partial charge >= 0.3 is 0 Å². The standard InChI is InChI=1S/C23H24N2O5S/c1-29-21-11-10-20(18-7-3-4-8-19(18)21)23(26)24-16-17-6-2-5-9-22(17)31(27,28)25-12-14-30-15-13-25/h2-11H,12-16H2,1H3,(H,24,26). The first-order valence-corrected chi connectivity index (χ1v) is 11.5. The highest BCUT2D eigenvalue weighted by atomic mass is 32.2. The predicted molar refractivity (Wildman–Crippen MR) is 118 cm³/mol. The van der Waals surface area contributed by atoms with Gasteiger partial charge in [0.05, 0.1) is 25.2 Å². The highest BCUT2D eigenvalue weighted by molar-refractivity contribution is 7.89. The molecule has 0 bridgehead atoms. The van der Waals surface area contributed by atoms with Gasteiger partial charge in [-0.15, -0.1) is 0 Å². The zero-order chi connectivity index (χ0) is 21.8. The number of morpholine rings is 1. The van der Waals surface area contributed by atoms with Crippen LogP contribution in [0.5, 0.6) is 5.75 Å². The van der Waals surface area contributed by atoms with E-state index in [1.54, 1.807) is 43.5 Å². The number of fused-ring (bicyclic) bond motifs is 1. The molecule has 0 radical (unpaired) electrons. The zero-order valence-electron chi connectivity index (χ0n) is 17.2. The van der Waals surface area contributed by atoms with Crippen molar-refractivity contribution in [2.75, 3.05) is 33.4 Å². The van der Waals surface area contributed by atoms with Gasteiger partial charge in [-0.1, -0.05) is 42.5 Å². The van der Waals surface area contributed by atoms with Crippen LogP contribution in [-0.2, 0) is 21.3 Å². The molecular weight excluding hydrogens is 416 g/mol. The molecule has 0 aromatic heterocycles. The Hall–Kier alpha value is -2.94. The normalized spacial score (nSPS) is 15.0. The molecule has 1 saturated heterocycles. The first-order valence-electron chi connectivity index (χ1n) is 10.0. The van der Waals surface area contributed by atoms with Crippen LogP contribution < -0.4 is 10.1 Å². The minimum absolute atomic E-state index is 0.0962. The van der Waals surface area contributed by atoms with Gasteiger partial charge in [-0.3, -0.25) is 4.79 Å². The van der Waals surface area contributed by atoms with E-state index in [0.29, 0.717) is 43.2 Å². The number of sulfonamides is 1. The predicted octanol–water partition coefficient (Wildman–Crippen LogP) is 2.80. The van der Waals surface area contributed by atoms with Crippen molar-refractivity contribution in [2.45, 2.75) is 11.4 Å². The van der Waals surface area contributed by atoms with Gasteiger partial charge in [-0.05, 0) is 29.1 Å². The molecule has 3 aromatic rings. The van der Waals surface area contributed by atoms with Crippen molar-refractivity contribution < 1.29 is 22.7 Å². The second-order valence-corrected chi connectivity index (χ2v) is 9.07. The van der Waals surface area contributed by atoms with Crippen LogP contribution in [0, 0.1) is 0 Å². The minimum Gasteiger partial charge on any atom is -0.496 e. The van der Waals surface area contributed by atoms with Gasteiger partial charge < -0.3 is 14.8 Å². The average molecular weight is 441 g/mol. The van der Waals surface area contributed by atoms with Crippen LogP contribution in [0.3, 0.4) is 0 Å². The first kappa shape index (κ1) is 21.3. The second-order valence-electron chi connectivity index (χ2n) is 7.17. The minimum atomic E-state index is -3.66. The van der Waals surface area contributed by atoms with Gasteiger partial charge in [0.2, 0.25) is 10.0 Å². The van der Waals surface area contributed by atoms with Crippen LogP contribution in [0.25, 0.3) is 10.8 Å². The van der Waals surface area contributed by atoms with E-state index in [4.69, 9.17) is 9.47 Å². The molecule has 0 atom stereocenters. The van der Waals surface area contributed by atoms with Gasteiger partial charge in [0.25, 0.3) is 5.91 Å². The summed E-state index contributed by atoms with van der Waals surface area (Å²) in [5, 5.41) is 4.49. The third-order valence-electron chi connectivity index (χ3n) is 5.35. The Balaban J connectivity index is 1.58. The van der Waals surface area contributed by atoms with E-state index in [1.165, 1.54) is 4.31 Å². The summed E-state index contributed by atoms with van der Waals surface area (Å²) in [7, 11) is -2.07. The number of nitrogens with one attached hydrogen (secondary N) is 1. The molecule has 8 heteroatoms. The lowest BCUT2D eigenvalue weighted by Crippen LogP contribution is -2.41. The summed E-state index contributed by atoms with van der Waals surface area (Å²) in [5.74, 6) is 0.409. The number of hydrogen-bond donors (Lipinski definition) is 1. The molecule has 4 rings (SSSR count). The van der Waals surface area contributed by atoms with E-state index >= 15 is 0 Å². The van der Waals surface area contributed by atoms with Gasteiger partial charge in [0, 0.05) is 30.6 Å². The fraction of sp³-hybridized carbons (Fsp3) is 0.261. The Bertz CT molecular complexity index is 1200. The average Bonchev–Trinajstić information content (AvgIpc) is 2.82. The van der Waals surface area contributed by atoms with E-state index in [0.717, 1.165) is 10.8 Å². The topological polar surface area (TPSA) is 84.9 Å². The highest BCUT2D eigenvalue weighted by Gasteiger charge is 2.28. The fourth-order valence-corrected chi connectivity index (χ4v) is 5.38. The van der Waals surface area contributed by atoms with Crippen LogP contribution in [-0.4, -0.2) is 52.0 Å². The van der Waals surface area contributed by atoms with Crippen molar-refractivity contribution >= 4 is 26.7 Å². The quantitative estimate of drug-likeness (QED) is 0.637. The molecule has 0 saturated carbocycles. The van der Waals surface area contributed by atoms with E-state index in [1.807, 2.05) is 24.3 Å². The molecule has 7 nitrogen and oxygen atoms in total. The molecule has 1 aliphatic rings. The maximum Gasteiger partial charge on any atom is 0.252 e. The largest absolute Gasteiger partial charge is 0.496 e. The van der Waals surface area contributed by atoms with Gasteiger partial charge in [0.1, 0.15) is 5.75 Å². The van der Waals surface area contributed by atoms with Crippen molar-refractivity contribution in [2.24, 2.45) is 0 Å². The Kier molecular flexibility index (Phi) is 6.22. The molecule has 0 aliphatic carbocycles. The highest BCUT2D eigenvalue weighted by Crippen LogP contribution is 2.28. The number of carbonyl (C=O) groups excluding carboxylic acids is 1. The lowest BCUT2D eigenvalue weighted by Gasteiger charge is -2.27. The maximum atomic E-state index is 13.1. The molecular formula is C23H24N2O5S. The summed E-state index contributed by atoms with van der Waals surface area (Å²) in [5.41, 5.74) is 1.05. The van der Waals surface area contributed by atoms with E-state index in [2.05, 4.69) is 5.32 Å². The number of carbonyl (C=O) groups is 1. The number of hydrogen-bond acceptors (Lipinski definition) is 5. The maximum absolute atomic E-state index is 13.1. The number of methoxy groups -OCH3 is 1. The number of rotatable bonds is 6. The molecule has 1 heterocycles. The number of ether oxygens (including phenoxy) is 2. The van der Waals surface area contributed by atoms with E-state index < -0.39 is 10.0 Å². The Labute approximate surface area is 181 Å². The SMILES string of the molecule is COc1ccc(C(=O)NCc2ccccc2S(=O)(=O)N2CCOCC2)c2ccccc12. The van der Waals surface area contributed by atoms with E-state index in [9.17, 15) is 13.2 Å². The number of benzene rings is 3. The van der Waals surface area contributed by atoms with Crippen LogP contribution >= 0.6 is 0 Å². The van der Waals surface area contributed by atoms with Crippen molar-refractivity contribution in [3.8, 4) is 5.75 Å². The molecule has 1 N–H and O–H groups in total. The Morgan fingerprint density at radius 1 is 1.00 bits per heavy atom. The van der Waals surface area contributed by atoms with Crippen molar-refractivity contribution in [1.82, 2.24) is 9.62 Å². The summed E-state index contributed by atoms with van der Waals surface area (Å²) in [6.45, 7) is 1.49. The molecule has 1 aliphatic heterocycles. The van der Waals surface area contributed by atoms with E-state index in [-0.39, 0.29) is 17.3 Å². The summed E-state index contributed by atoms with van der Waals surface area (Å²) in [6.07, 6.45) is 0. The fourth-order valence-electron chi connectivity index (χ4n) is 3.75. The summed E-state index contributed by atoms with van der Waals surface area (Å²) in [6, 6.07) is 17.7. The van der Waals surface area contributed by atoms with Crippen molar-refractivity contribution in [3.05, 3.63) is 71.8 Å². The van der Waals surface area contributed by atoms with Crippen LogP contribution in [0.2, 0.25) is 0 Å². The third-order valence-corrected chi connectivity index (χ3v) is 7.35. The van der Waals surface area contributed by atoms with Crippen molar-refractivity contribution in [1.29, 1.82) is 0 Å². The summed E-state index contributed by atoms with van der Waals surface area (Å²) < 4.78 is 38.3. The first-order chi connectivity index (χ1) is 15.0. The van der Waals surface area contributed by atoms with Gasteiger partial charge in [-0.25, -0.2) is 8.42 Å². The Morgan fingerprint density at radius 2 is 1.68 bits per heavy atom.